The highest BCUT2D eigenvalue weighted by Crippen LogP contribution is 2.24. The van der Waals surface area contributed by atoms with E-state index < -0.39 is 0 Å². The van der Waals surface area contributed by atoms with Crippen LogP contribution in [0.2, 0.25) is 0 Å². The highest BCUT2D eigenvalue weighted by molar-refractivity contribution is 7.71. The van der Waals surface area contributed by atoms with E-state index in [-0.39, 0.29) is 12.5 Å². The van der Waals surface area contributed by atoms with E-state index >= 15 is 0 Å². The predicted molar refractivity (Wildman–Crippen MR) is 105 cm³/mol. The average molecular weight is 374 g/mol. The van der Waals surface area contributed by atoms with Gasteiger partial charge in [-0.1, -0.05) is 6.07 Å². The van der Waals surface area contributed by atoms with Crippen molar-refractivity contribution in [3.05, 3.63) is 46.0 Å². The van der Waals surface area contributed by atoms with Gasteiger partial charge in [0.2, 0.25) is 5.91 Å². The van der Waals surface area contributed by atoms with Gasteiger partial charge in [0, 0.05) is 25.5 Å². The number of aromatic nitrogens is 3. The van der Waals surface area contributed by atoms with Gasteiger partial charge < -0.3 is 10.2 Å². The summed E-state index contributed by atoms with van der Waals surface area (Å²) >= 11 is 6.82. The standard InChI is InChI=1S/C17H19N5OS2/c1-11-9-12(21(2)3)6-7-13(11)18-15(23)10-22-16(19-20-17(22)24)14-5-4-8-25-14/h4-9H,10H2,1-3H3,(H,18,23)(H,20,24). The molecule has 0 spiro atoms. The number of thiophene rings is 1. The average Bonchev–Trinajstić information content (AvgIpc) is 3.20. The number of nitrogens with zero attached hydrogens (tertiary/aromatic N) is 3. The molecule has 25 heavy (non-hydrogen) atoms. The zero-order valence-electron chi connectivity index (χ0n) is 14.2. The van der Waals surface area contributed by atoms with E-state index in [2.05, 4.69) is 15.5 Å². The van der Waals surface area contributed by atoms with Gasteiger partial charge in [0.05, 0.1) is 4.88 Å². The fraction of sp³-hybridized carbons (Fsp3) is 0.235. The van der Waals surface area contributed by atoms with Gasteiger partial charge >= 0.3 is 0 Å². The molecule has 6 nitrogen and oxygen atoms in total. The summed E-state index contributed by atoms with van der Waals surface area (Å²) in [6, 6.07) is 9.82. The lowest BCUT2D eigenvalue weighted by Crippen LogP contribution is -2.20. The number of hydrogen-bond acceptors (Lipinski definition) is 5. The van der Waals surface area contributed by atoms with Gasteiger partial charge in [0.15, 0.2) is 10.6 Å². The SMILES string of the molecule is Cc1cc(N(C)C)ccc1NC(=O)Cn1c(-c2cccs2)n[nH]c1=S. The van der Waals surface area contributed by atoms with Crippen LogP contribution in [0, 0.1) is 11.7 Å². The van der Waals surface area contributed by atoms with Crippen molar-refractivity contribution < 1.29 is 4.79 Å². The molecule has 0 aliphatic heterocycles. The molecule has 0 fully saturated rings. The molecule has 130 valence electrons. The number of aryl methyl sites for hydroxylation is 1. The van der Waals surface area contributed by atoms with Crippen LogP contribution in [-0.2, 0) is 11.3 Å². The molecule has 2 heterocycles. The Balaban J connectivity index is 1.78. The number of aromatic amines is 1. The number of carbonyl (C=O) groups is 1. The Bertz CT molecular complexity index is 940. The molecular formula is C17H19N5OS2. The fourth-order valence-electron chi connectivity index (χ4n) is 2.46. The molecule has 0 saturated carbocycles. The summed E-state index contributed by atoms with van der Waals surface area (Å²) in [4.78, 5) is 15.5. The van der Waals surface area contributed by atoms with Gasteiger partial charge in [0.25, 0.3) is 0 Å². The van der Waals surface area contributed by atoms with Crippen LogP contribution in [0.3, 0.4) is 0 Å². The third-order valence-corrected chi connectivity index (χ3v) is 4.98. The zero-order chi connectivity index (χ0) is 18.0. The van der Waals surface area contributed by atoms with Crippen molar-refractivity contribution in [2.45, 2.75) is 13.5 Å². The molecule has 0 bridgehead atoms. The first-order chi connectivity index (χ1) is 12.0. The maximum atomic E-state index is 12.5. The fourth-order valence-corrected chi connectivity index (χ4v) is 3.38. The summed E-state index contributed by atoms with van der Waals surface area (Å²) in [7, 11) is 3.97. The molecule has 0 aliphatic rings. The lowest BCUT2D eigenvalue weighted by Gasteiger charge is -2.15. The number of benzene rings is 1. The second-order valence-electron chi connectivity index (χ2n) is 5.86. The van der Waals surface area contributed by atoms with E-state index in [1.54, 1.807) is 15.9 Å². The second-order valence-corrected chi connectivity index (χ2v) is 7.19. The molecule has 1 amide bonds. The Labute approximate surface area is 155 Å². The molecule has 3 rings (SSSR count). The molecule has 2 N–H and O–H groups in total. The molecule has 0 radical (unpaired) electrons. The Morgan fingerprint density at radius 2 is 2.20 bits per heavy atom. The largest absolute Gasteiger partial charge is 0.378 e. The first-order valence-corrected chi connectivity index (χ1v) is 9.01. The highest BCUT2D eigenvalue weighted by atomic mass is 32.1. The Hall–Kier alpha value is -2.45. The van der Waals surface area contributed by atoms with E-state index in [4.69, 9.17) is 12.2 Å². The molecular weight excluding hydrogens is 354 g/mol. The van der Waals surface area contributed by atoms with Crippen LogP contribution in [0.15, 0.2) is 35.7 Å². The van der Waals surface area contributed by atoms with Gasteiger partial charge in [-0.05, 0) is 54.4 Å². The van der Waals surface area contributed by atoms with Crippen molar-refractivity contribution in [3.63, 3.8) is 0 Å². The lowest BCUT2D eigenvalue weighted by molar-refractivity contribution is -0.116. The molecule has 8 heteroatoms. The molecule has 1 aromatic carbocycles. The van der Waals surface area contributed by atoms with Crippen molar-refractivity contribution >= 4 is 40.8 Å². The van der Waals surface area contributed by atoms with E-state index in [9.17, 15) is 4.79 Å². The van der Waals surface area contributed by atoms with Gasteiger partial charge in [-0.3, -0.25) is 14.5 Å². The minimum atomic E-state index is -0.143. The van der Waals surface area contributed by atoms with Crippen LogP contribution in [0.4, 0.5) is 11.4 Å². The van der Waals surface area contributed by atoms with Crippen LogP contribution in [0.25, 0.3) is 10.7 Å². The topological polar surface area (TPSA) is 66.0 Å². The maximum absolute atomic E-state index is 12.5. The lowest BCUT2D eigenvalue weighted by atomic mass is 10.1. The Morgan fingerprint density at radius 3 is 2.84 bits per heavy atom. The van der Waals surface area contributed by atoms with Crippen LogP contribution in [-0.4, -0.2) is 34.8 Å². The zero-order valence-corrected chi connectivity index (χ0v) is 15.9. The van der Waals surface area contributed by atoms with Crippen molar-refractivity contribution in [2.75, 3.05) is 24.3 Å². The van der Waals surface area contributed by atoms with E-state index in [1.807, 2.05) is 61.6 Å². The number of carbonyl (C=O) groups excluding carboxylic acids is 1. The molecule has 0 unspecified atom stereocenters. The minimum Gasteiger partial charge on any atom is -0.378 e. The third-order valence-electron chi connectivity index (χ3n) is 3.80. The quantitative estimate of drug-likeness (QED) is 0.670. The van der Waals surface area contributed by atoms with Gasteiger partial charge in [-0.15, -0.1) is 11.3 Å². The predicted octanol–water partition coefficient (Wildman–Crippen LogP) is 3.68. The van der Waals surface area contributed by atoms with Crippen LogP contribution >= 0.6 is 23.6 Å². The monoisotopic (exact) mass is 373 g/mol. The molecule has 2 aromatic heterocycles. The normalized spacial score (nSPS) is 10.7. The minimum absolute atomic E-state index is 0.109. The summed E-state index contributed by atoms with van der Waals surface area (Å²) < 4.78 is 2.14. The summed E-state index contributed by atoms with van der Waals surface area (Å²) in [5.41, 5.74) is 2.89. The van der Waals surface area contributed by atoms with Gasteiger partial charge in [0.1, 0.15) is 6.54 Å². The molecule has 0 aliphatic carbocycles. The van der Waals surface area contributed by atoms with Gasteiger partial charge in [-0.2, -0.15) is 5.10 Å². The smallest absolute Gasteiger partial charge is 0.244 e. The first-order valence-electron chi connectivity index (χ1n) is 7.72. The number of amides is 1. The van der Waals surface area contributed by atoms with E-state index in [0.29, 0.717) is 10.6 Å². The number of rotatable bonds is 5. The first kappa shape index (κ1) is 17.4. The van der Waals surface area contributed by atoms with Crippen molar-refractivity contribution in [3.8, 4) is 10.7 Å². The van der Waals surface area contributed by atoms with E-state index in [0.717, 1.165) is 21.8 Å². The summed E-state index contributed by atoms with van der Waals surface area (Å²) in [6.45, 7) is 2.08. The summed E-state index contributed by atoms with van der Waals surface area (Å²) in [6.07, 6.45) is 0. The summed E-state index contributed by atoms with van der Waals surface area (Å²) in [5, 5.41) is 11.9. The maximum Gasteiger partial charge on any atom is 0.244 e. The van der Waals surface area contributed by atoms with Crippen LogP contribution in [0.1, 0.15) is 5.56 Å². The van der Waals surface area contributed by atoms with E-state index in [1.165, 1.54) is 0 Å². The number of hydrogen-bond donors (Lipinski definition) is 2. The number of H-pyrrole nitrogens is 1. The van der Waals surface area contributed by atoms with Gasteiger partial charge in [-0.25, -0.2) is 0 Å². The third kappa shape index (κ3) is 3.80. The van der Waals surface area contributed by atoms with Crippen LogP contribution in [0.5, 0.6) is 0 Å². The Morgan fingerprint density at radius 1 is 1.40 bits per heavy atom. The highest BCUT2D eigenvalue weighted by Gasteiger charge is 2.14. The summed E-state index contributed by atoms with van der Waals surface area (Å²) in [5.74, 6) is 0.533. The Kier molecular flexibility index (Phi) is 5.00. The second kappa shape index (κ2) is 7.20. The number of anilines is 2. The molecule has 0 atom stereocenters. The number of nitrogens with one attached hydrogen (secondary N) is 2. The van der Waals surface area contributed by atoms with Crippen molar-refractivity contribution in [1.29, 1.82) is 0 Å². The van der Waals surface area contributed by atoms with Crippen molar-refractivity contribution in [2.24, 2.45) is 0 Å². The molecule has 3 aromatic rings. The van der Waals surface area contributed by atoms with Crippen LogP contribution < -0.4 is 10.2 Å². The molecule has 0 saturated heterocycles. The van der Waals surface area contributed by atoms with Crippen molar-refractivity contribution in [1.82, 2.24) is 14.8 Å².